The Labute approximate surface area is 143 Å². The first kappa shape index (κ1) is 17.0. The van der Waals surface area contributed by atoms with Gasteiger partial charge in [-0.3, -0.25) is 0 Å². The molecule has 1 aromatic heterocycles. The molecule has 3 nitrogen and oxygen atoms in total. The minimum atomic E-state index is -4.35. The van der Waals surface area contributed by atoms with Crippen molar-refractivity contribution in [1.29, 1.82) is 0 Å². The Hall–Kier alpha value is -2.89. The van der Waals surface area contributed by atoms with E-state index in [1.54, 1.807) is 12.1 Å². The fourth-order valence-corrected chi connectivity index (χ4v) is 2.43. The molecule has 0 saturated heterocycles. The van der Waals surface area contributed by atoms with Gasteiger partial charge in [-0.2, -0.15) is 13.2 Å². The van der Waals surface area contributed by atoms with Crippen molar-refractivity contribution in [2.24, 2.45) is 0 Å². The van der Waals surface area contributed by atoms with Gasteiger partial charge in [-0.25, -0.2) is 9.97 Å². The van der Waals surface area contributed by atoms with E-state index in [9.17, 15) is 13.2 Å². The molecule has 0 amide bonds. The largest absolute Gasteiger partial charge is 0.416 e. The van der Waals surface area contributed by atoms with Gasteiger partial charge in [-0.15, -0.1) is 0 Å². The van der Waals surface area contributed by atoms with Crippen LogP contribution in [0.15, 0.2) is 60.7 Å². The van der Waals surface area contributed by atoms with Crippen LogP contribution < -0.4 is 5.32 Å². The monoisotopic (exact) mass is 343 g/mol. The van der Waals surface area contributed by atoms with Gasteiger partial charge in [-0.1, -0.05) is 42.5 Å². The van der Waals surface area contributed by atoms with Gasteiger partial charge in [0.15, 0.2) is 5.82 Å². The van der Waals surface area contributed by atoms with Crippen LogP contribution in [0.4, 0.5) is 19.0 Å². The van der Waals surface area contributed by atoms with Crippen molar-refractivity contribution in [3.05, 3.63) is 77.5 Å². The maximum Gasteiger partial charge on any atom is 0.416 e. The van der Waals surface area contributed by atoms with Crippen LogP contribution in [0.5, 0.6) is 0 Å². The number of alkyl halides is 3. The summed E-state index contributed by atoms with van der Waals surface area (Å²) < 4.78 is 38.4. The second kappa shape index (κ2) is 6.93. The third-order valence-corrected chi connectivity index (χ3v) is 3.61. The standard InChI is InChI=1S/C19H16F3N3/c1-13-10-17(25-18(24-13)15-7-3-2-4-8-15)23-12-14-6-5-9-16(11-14)19(20,21)22/h2-11H,12H2,1H3,(H,23,24,25). The summed E-state index contributed by atoms with van der Waals surface area (Å²) in [6.07, 6.45) is -4.35. The Balaban J connectivity index is 1.79. The smallest absolute Gasteiger partial charge is 0.366 e. The van der Waals surface area contributed by atoms with Gasteiger partial charge in [0.2, 0.25) is 0 Å². The predicted molar refractivity (Wildman–Crippen MR) is 91.0 cm³/mol. The van der Waals surface area contributed by atoms with Crippen LogP contribution in [0.25, 0.3) is 11.4 Å². The van der Waals surface area contributed by atoms with Gasteiger partial charge in [0.1, 0.15) is 5.82 Å². The highest BCUT2D eigenvalue weighted by Gasteiger charge is 2.30. The fourth-order valence-electron chi connectivity index (χ4n) is 2.43. The fraction of sp³-hybridized carbons (Fsp3) is 0.158. The Morgan fingerprint density at radius 1 is 0.920 bits per heavy atom. The minimum absolute atomic E-state index is 0.245. The lowest BCUT2D eigenvalue weighted by Gasteiger charge is -2.11. The second-order valence-corrected chi connectivity index (χ2v) is 5.64. The number of halogens is 3. The average Bonchev–Trinajstić information content (AvgIpc) is 2.60. The van der Waals surface area contributed by atoms with Crippen LogP contribution in [-0.2, 0) is 12.7 Å². The molecule has 1 heterocycles. The van der Waals surface area contributed by atoms with E-state index in [1.807, 2.05) is 37.3 Å². The number of anilines is 1. The Morgan fingerprint density at radius 2 is 1.68 bits per heavy atom. The number of benzene rings is 2. The molecule has 0 bridgehead atoms. The first-order valence-corrected chi connectivity index (χ1v) is 7.73. The molecular formula is C19H16F3N3. The summed E-state index contributed by atoms with van der Waals surface area (Å²) >= 11 is 0. The van der Waals surface area contributed by atoms with Crippen molar-refractivity contribution in [2.45, 2.75) is 19.6 Å². The Kier molecular flexibility index (Phi) is 4.70. The molecule has 3 aromatic rings. The van der Waals surface area contributed by atoms with Gasteiger partial charge in [0.25, 0.3) is 0 Å². The van der Waals surface area contributed by atoms with Gasteiger partial charge in [0.05, 0.1) is 5.56 Å². The molecule has 25 heavy (non-hydrogen) atoms. The van der Waals surface area contributed by atoms with Crippen LogP contribution in [0, 0.1) is 6.92 Å². The average molecular weight is 343 g/mol. The first-order chi connectivity index (χ1) is 11.9. The van der Waals surface area contributed by atoms with Gasteiger partial charge in [-0.05, 0) is 24.6 Å². The number of hydrogen-bond donors (Lipinski definition) is 1. The van der Waals surface area contributed by atoms with Crippen molar-refractivity contribution >= 4 is 5.82 Å². The van der Waals surface area contributed by atoms with Crippen molar-refractivity contribution in [3.63, 3.8) is 0 Å². The van der Waals surface area contributed by atoms with Crippen LogP contribution in [0.2, 0.25) is 0 Å². The van der Waals surface area contributed by atoms with Gasteiger partial charge in [0, 0.05) is 23.9 Å². The molecule has 6 heteroatoms. The maximum absolute atomic E-state index is 12.8. The summed E-state index contributed by atoms with van der Waals surface area (Å²) in [4.78, 5) is 8.85. The van der Waals surface area contributed by atoms with Crippen LogP contribution in [0.3, 0.4) is 0 Å². The number of rotatable bonds is 4. The molecule has 128 valence electrons. The lowest BCUT2D eigenvalue weighted by Crippen LogP contribution is -2.08. The minimum Gasteiger partial charge on any atom is -0.366 e. The summed E-state index contributed by atoms with van der Waals surface area (Å²) in [5, 5.41) is 3.07. The van der Waals surface area contributed by atoms with Crippen LogP contribution in [0.1, 0.15) is 16.8 Å². The van der Waals surface area contributed by atoms with Crippen molar-refractivity contribution in [3.8, 4) is 11.4 Å². The summed E-state index contributed by atoms with van der Waals surface area (Å²) in [5.41, 5.74) is 1.54. The zero-order chi connectivity index (χ0) is 17.9. The normalized spacial score (nSPS) is 11.4. The molecule has 0 spiro atoms. The maximum atomic E-state index is 12.8. The molecule has 0 aliphatic heterocycles. The quantitative estimate of drug-likeness (QED) is 0.717. The Morgan fingerprint density at radius 3 is 2.40 bits per heavy atom. The molecule has 0 aliphatic carbocycles. The molecule has 0 aliphatic rings. The number of nitrogens with one attached hydrogen (secondary N) is 1. The lowest BCUT2D eigenvalue weighted by atomic mass is 10.1. The molecule has 0 atom stereocenters. The van der Waals surface area contributed by atoms with Crippen LogP contribution >= 0.6 is 0 Å². The third kappa shape index (κ3) is 4.35. The second-order valence-electron chi connectivity index (χ2n) is 5.64. The van der Waals surface area contributed by atoms with E-state index < -0.39 is 11.7 Å². The number of aryl methyl sites for hydroxylation is 1. The van der Waals surface area contributed by atoms with E-state index in [1.165, 1.54) is 6.07 Å². The molecule has 0 saturated carbocycles. The molecule has 1 N–H and O–H groups in total. The van der Waals surface area contributed by atoms with Crippen molar-refractivity contribution < 1.29 is 13.2 Å². The van der Waals surface area contributed by atoms with E-state index in [4.69, 9.17) is 0 Å². The molecule has 2 aromatic carbocycles. The highest BCUT2D eigenvalue weighted by Crippen LogP contribution is 2.29. The highest BCUT2D eigenvalue weighted by molar-refractivity contribution is 5.57. The molecule has 0 radical (unpaired) electrons. The summed E-state index contributed by atoms with van der Waals surface area (Å²) in [6.45, 7) is 2.10. The lowest BCUT2D eigenvalue weighted by molar-refractivity contribution is -0.137. The summed E-state index contributed by atoms with van der Waals surface area (Å²) in [6, 6.07) is 16.5. The van der Waals surface area contributed by atoms with E-state index >= 15 is 0 Å². The molecular weight excluding hydrogens is 327 g/mol. The Bertz CT molecular complexity index is 861. The van der Waals surface area contributed by atoms with E-state index in [2.05, 4.69) is 15.3 Å². The van der Waals surface area contributed by atoms with Crippen molar-refractivity contribution in [2.75, 3.05) is 5.32 Å². The predicted octanol–water partition coefficient (Wildman–Crippen LogP) is 5.08. The summed E-state index contributed by atoms with van der Waals surface area (Å²) in [7, 11) is 0. The SMILES string of the molecule is Cc1cc(NCc2cccc(C(F)(F)F)c2)nc(-c2ccccc2)n1. The molecule has 3 rings (SSSR count). The summed E-state index contributed by atoms with van der Waals surface area (Å²) in [5.74, 6) is 1.15. The topological polar surface area (TPSA) is 37.8 Å². The van der Waals surface area contributed by atoms with Gasteiger partial charge >= 0.3 is 6.18 Å². The number of aromatic nitrogens is 2. The van der Waals surface area contributed by atoms with Crippen molar-refractivity contribution in [1.82, 2.24) is 9.97 Å². The van der Waals surface area contributed by atoms with Gasteiger partial charge < -0.3 is 5.32 Å². The number of nitrogens with zero attached hydrogens (tertiary/aromatic N) is 2. The third-order valence-electron chi connectivity index (χ3n) is 3.61. The zero-order valence-corrected chi connectivity index (χ0v) is 13.5. The molecule has 0 unspecified atom stereocenters. The zero-order valence-electron chi connectivity index (χ0n) is 13.5. The van der Waals surface area contributed by atoms with Crippen LogP contribution in [-0.4, -0.2) is 9.97 Å². The first-order valence-electron chi connectivity index (χ1n) is 7.73. The molecule has 0 fully saturated rings. The van der Waals surface area contributed by atoms with E-state index in [0.29, 0.717) is 17.2 Å². The number of hydrogen-bond acceptors (Lipinski definition) is 3. The van der Waals surface area contributed by atoms with E-state index in [0.717, 1.165) is 23.4 Å². The van der Waals surface area contributed by atoms with E-state index in [-0.39, 0.29) is 6.54 Å². The highest BCUT2D eigenvalue weighted by atomic mass is 19.4.